The minimum atomic E-state index is -0.308. The number of amides is 1. The van der Waals surface area contributed by atoms with Gasteiger partial charge in [-0.1, -0.05) is 25.3 Å². The molecule has 1 aromatic heterocycles. The Balaban J connectivity index is 1.74. The van der Waals surface area contributed by atoms with Crippen molar-refractivity contribution in [2.75, 3.05) is 13.2 Å². The first-order chi connectivity index (χ1) is 9.71. The first kappa shape index (κ1) is 14.1. The predicted molar refractivity (Wildman–Crippen MR) is 80.8 cm³/mol. The molecular formula is C16H23NO2S. The fraction of sp³-hybridized carbons (Fsp3) is 0.688. The van der Waals surface area contributed by atoms with Crippen LogP contribution in [0.5, 0.6) is 0 Å². The van der Waals surface area contributed by atoms with Gasteiger partial charge in [0.15, 0.2) is 0 Å². The molecule has 2 aliphatic carbocycles. The average Bonchev–Trinajstić information content (AvgIpc) is 3.07. The quantitative estimate of drug-likeness (QED) is 0.877. The van der Waals surface area contributed by atoms with Crippen LogP contribution in [0.25, 0.3) is 0 Å². The number of aliphatic hydroxyl groups excluding tert-OH is 1. The Morgan fingerprint density at radius 2 is 2.00 bits per heavy atom. The summed E-state index contributed by atoms with van der Waals surface area (Å²) in [5, 5.41) is 14.6. The van der Waals surface area contributed by atoms with Crippen LogP contribution >= 0.6 is 11.3 Å². The summed E-state index contributed by atoms with van der Waals surface area (Å²) < 4.78 is 0. The van der Waals surface area contributed by atoms with E-state index in [2.05, 4.69) is 16.8 Å². The van der Waals surface area contributed by atoms with Crippen LogP contribution in [-0.2, 0) is 10.2 Å². The van der Waals surface area contributed by atoms with Gasteiger partial charge in [-0.2, -0.15) is 0 Å². The normalized spacial score (nSPS) is 23.2. The summed E-state index contributed by atoms with van der Waals surface area (Å²) in [6.45, 7) is 0.828. The van der Waals surface area contributed by atoms with E-state index in [1.165, 1.54) is 11.3 Å². The second-order valence-electron chi connectivity index (χ2n) is 6.46. The molecule has 0 bridgehead atoms. The molecule has 2 N–H and O–H groups in total. The molecule has 2 aliphatic rings. The van der Waals surface area contributed by atoms with Crippen LogP contribution < -0.4 is 5.32 Å². The van der Waals surface area contributed by atoms with Crippen molar-refractivity contribution in [3.05, 3.63) is 22.4 Å². The summed E-state index contributed by atoms with van der Waals surface area (Å²) in [4.78, 5) is 14.0. The molecule has 1 amide bonds. The number of carbonyl (C=O) groups excluding carboxylic acids is 1. The van der Waals surface area contributed by atoms with Crippen molar-refractivity contribution >= 4 is 17.2 Å². The van der Waals surface area contributed by atoms with Gasteiger partial charge in [-0.05, 0) is 37.1 Å². The monoisotopic (exact) mass is 293 g/mol. The van der Waals surface area contributed by atoms with Gasteiger partial charge in [-0.15, -0.1) is 11.3 Å². The van der Waals surface area contributed by atoms with Crippen LogP contribution in [0, 0.1) is 5.41 Å². The lowest BCUT2D eigenvalue weighted by atomic mass is 9.72. The van der Waals surface area contributed by atoms with E-state index >= 15 is 0 Å². The summed E-state index contributed by atoms with van der Waals surface area (Å²) in [6.07, 6.45) is 7.51. The number of thiophene rings is 1. The van der Waals surface area contributed by atoms with Crippen LogP contribution in [-0.4, -0.2) is 24.2 Å². The summed E-state index contributed by atoms with van der Waals surface area (Å²) >= 11 is 1.70. The molecular weight excluding hydrogens is 270 g/mol. The van der Waals surface area contributed by atoms with Crippen molar-refractivity contribution < 1.29 is 9.90 Å². The van der Waals surface area contributed by atoms with Crippen LogP contribution in [0.3, 0.4) is 0 Å². The fourth-order valence-electron chi connectivity index (χ4n) is 3.30. The first-order valence-electron chi connectivity index (χ1n) is 7.64. The lowest BCUT2D eigenvalue weighted by Gasteiger charge is -2.35. The molecule has 0 unspecified atom stereocenters. The van der Waals surface area contributed by atoms with Gasteiger partial charge in [-0.25, -0.2) is 0 Å². The van der Waals surface area contributed by atoms with E-state index < -0.39 is 0 Å². The molecule has 0 spiro atoms. The summed E-state index contributed by atoms with van der Waals surface area (Å²) in [6, 6.07) is 4.15. The molecule has 110 valence electrons. The Hall–Kier alpha value is -0.870. The van der Waals surface area contributed by atoms with Crippen molar-refractivity contribution in [3.8, 4) is 0 Å². The van der Waals surface area contributed by atoms with Crippen LogP contribution in [0.1, 0.15) is 49.8 Å². The highest BCUT2D eigenvalue weighted by Crippen LogP contribution is 2.45. The molecule has 3 rings (SSSR count). The molecule has 0 aromatic carbocycles. The van der Waals surface area contributed by atoms with Gasteiger partial charge in [-0.3, -0.25) is 4.79 Å². The van der Waals surface area contributed by atoms with Crippen LogP contribution in [0.4, 0.5) is 0 Å². The first-order valence-corrected chi connectivity index (χ1v) is 8.52. The Labute approximate surface area is 124 Å². The van der Waals surface area contributed by atoms with E-state index in [9.17, 15) is 9.90 Å². The SMILES string of the molecule is O=C(NCC1(CO)CC1)C1(c2cccs2)CCCCC1. The highest BCUT2D eigenvalue weighted by Gasteiger charge is 2.46. The maximum Gasteiger partial charge on any atom is 0.231 e. The second kappa shape index (κ2) is 5.49. The molecule has 1 heterocycles. The van der Waals surface area contributed by atoms with Gasteiger partial charge in [0.05, 0.1) is 12.0 Å². The van der Waals surface area contributed by atoms with Crippen molar-refractivity contribution in [1.82, 2.24) is 5.32 Å². The number of rotatable bonds is 5. The minimum Gasteiger partial charge on any atom is -0.396 e. The summed E-state index contributed by atoms with van der Waals surface area (Å²) in [5.41, 5.74) is -0.321. The van der Waals surface area contributed by atoms with Gasteiger partial charge in [0, 0.05) is 16.8 Å². The van der Waals surface area contributed by atoms with Crippen LogP contribution in [0.2, 0.25) is 0 Å². The van der Waals surface area contributed by atoms with Gasteiger partial charge in [0.1, 0.15) is 0 Å². The second-order valence-corrected chi connectivity index (χ2v) is 7.41. The number of nitrogens with one attached hydrogen (secondary N) is 1. The molecule has 1 aromatic rings. The van der Waals surface area contributed by atoms with E-state index in [-0.39, 0.29) is 23.3 Å². The maximum atomic E-state index is 12.8. The van der Waals surface area contributed by atoms with Crippen molar-refractivity contribution in [2.45, 2.75) is 50.4 Å². The topological polar surface area (TPSA) is 49.3 Å². The molecule has 0 radical (unpaired) electrons. The Morgan fingerprint density at radius 3 is 2.55 bits per heavy atom. The molecule has 2 fully saturated rings. The highest BCUT2D eigenvalue weighted by atomic mass is 32.1. The van der Waals surface area contributed by atoms with Crippen molar-refractivity contribution in [3.63, 3.8) is 0 Å². The minimum absolute atomic E-state index is 0.0129. The maximum absolute atomic E-state index is 12.8. The molecule has 0 atom stereocenters. The lowest BCUT2D eigenvalue weighted by molar-refractivity contribution is -0.128. The van der Waals surface area contributed by atoms with E-state index in [0.29, 0.717) is 6.54 Å². The summed E-state index contributed by atoms with van der Waals surface area (Å²) in [7, 11) is 0. The van der Waals surface area contributed by atoms with E-state index in [0.717, 1.165) is 38.5 Å². The predicted octanol–water partition coefficient (Wildman–Crippen LogP) is 2.84. The molecule has 3 nitrogen and oxygen atoms in total. The zero-order valence-electron chi connectivity index (χ0n) is 11.9. The van der Waals surface area contributed by atoms with Gasteiger partial charge < -0.3 is 10.4 Å². The third-order valence-corrected chi connectivity index (χ3v) is 6.13. The number of carbonyl (C=O) groups is 1. The fourth-order valence-corrected chi connectivity index (χ4v) is 4.28. The van der Waals surface area contributed by atoms with E-state index in [4.69, 9.17) is 0 Å². The summed E-state index contributed by atoms with van der Waals surface area (Å²) in [5.74, 6) is 0.180. The largest absolute Gasteiger partial charge is 0.396 e. The highest BCUT2D eigenvalue weighted by molar-refractivity contribution is 7.10. The molecule has 2 saturated carbocycles. The zero-order chi connectivity index (χ0) is 14.1. The average molecular weight is 293 g/mol. The molecule has 4 heteroatoms. The third-order valence-electron chi connectivity index (χ3n) is 5.05. The smallest absolute Gasteiger partial charge is 0.231 e. The number of hydrogen-bond acceptors (Lipinski definition) is 3. The van der Waals surface area contributed by atoms with Gasteiger partial charge >= 0.3 is 0 Å². The van der Waals surface area contributed by atoms with Gasteiger partial charge in [0.25, 0.3) is 0 Å². The number of hydrogen-bond donors (Lipinski definition) is 2. The van der Waals surface area contributed by atoms with Crippen molar-refractivity contribution in [2.24, 2.45) is 5.41 Å². The van der Waals surface area contributed by atoms with Gasteiger partial charge in [0.2, 0.25) is 5.91 Å². The third kappa shape index (κ3) is 2.51. The lowest BCUT2D eigenvalue weighted by Crippen LogP contribution is -2.47. The van der Waals surface area contributed by atoms with E-state index in [1.807, 2.05) is 6.07 Å². The van der Waals surface area contributed by atoms with Crippen molar-refractivity contribution in [1.29, 1.82) is 0 Å². The molecule has 0 aliphatic heterocycles. The molecule has 20 heavy (non-hydrogen) atoms. The number of aliphatic hydroxyl groups is 1. The van der Waals surface area contributed by atoms with E-state index in [1.54, 1.807) is 11.3 Å². The molecule has 0 saturated heterocycles. The zero-order valence-corrected chi connectivity index (χ0v) is 12.7. The Morgan fingerprint density at radius 1 is 1.25 bits per heavy atom. The standard InChI is InChI=1S/C16H23NO2S/c18-12-15(8-9-15)11-17-14(19)16(6-2-1-3-7-16)13-5-4-10-20-13/h4-5,10,18H,1-3,6-9,11-12H2,(H,17,19). The van der Waals surface area contributed by atoms with Crippen LogP contribution in [0.15, 0.2) is 17.5 Å². The Bertz CT molecular complexity index is 459. The Kier molecular flexibility index (Phi) is 3.87.